The van der Waals surface area contributed by atoms with Crippen molar-refractivity contribution in [1.29, 1.82) is 0 Å². The maximum Gasteiger partial charge on any atom is 3.00 e. The molecule has 2 aromatic heterocycles. The van der Waals surface area contributed by atoms with E-state index in [1.807, 2.05) is 60.7 Å². The average Bonchev–Trinajstić information content (AvgIpc) is 3.68. The third-order valence-electron chi connectivity index (χ3n) is 8.79. The van der Waals surface area contributed by atoms with E-state index in [0.29, 0.717) is 11.8 Å². The van der Waals surface area contributed by atoms with Crippen molar-refractivity contribution in [3.05, 3.63) is 179 Å². The molecule has 0 bridgehead atoms. The summed E-state index contributed by atoms with van der Waals surface area (Å²) in [6, 6.07) is 48.3. The second-order valence-electron chi connectivity index (χ2n) is 12.4. The molecule has 0 amide bonds. The van der Waals surface area contributed by atoms with E-state index in [1.54, 1.807) is 6.20 Å². The Morgan fingerprint density at radius 2 is 1.38 bits per heavy atom. The predicted molar refractivity (Wildman–Crippen MR) is 190 cm³/mol. The van der Waals surface area contributed by atoms with Gasteiger partial charge in [0.15, 0.2) is 0 Å². The number of furan rings is 1. The van der Waals surface area contributed by atoms with Gasteiger partial charge in [-0.3, -0.25) is 0 Å². The maximum atomic E-state index is 6.44. The van der Waals surface area contributed by atoms with Crippen LogP contribution in [0.15, 0.2) is 132 Å². The molecule has 1 aliphatic rings. The molecular weight excluding hydrogens is 751 g/mol. The van der Waals surface area contributed by atoms with Gasteiger partial charge in [0, 0.05) is 17.2 Å². The van der Waals surface area contributed by atoms with Crippen LogP contribution in [0.25, 0.3) is 38.8 Å². The van der Waals surface area contributed by atoms with Gasteiger partial charge >= 0.3 is 20.1 Å². The summed E-state index contributed by atoms with van der Waals surface area (Å²) >= 11 is 0. The molecule has 232 valence electrons. The van der Waals surface area contributed by atoms with E-state index in [-0.39, 0.29) is 26.0 Å². The van der Waals surface area contributed by atoms with Gasteiger partial charge in [0.2, 0.25) is 0 Å². The van der Waals surface area contributed by atoms with Crippen molar-refractivity contribution in [2.45, 2.75) is 45.4 Å². The zero-order chi connectivity index (χ0) is 31.6. The minimum Gasteiger partial charge on any atom is -0.510 e. The van der Waals surface area contributed by atoms with Crippen LogP contribution < -0.4 is 0 Å². The summed E-state index contributed by atoms with van der Waals surface area (Å²) in [5.74, 6) is 0.949. The van der Waals surface area contributed by atoms with E-state index in [2.05, 4.69) is 112 Å². The van der Waals surface area contributed by atoms with Gasteiger partial charge in [-0.05, 0) is 52.3 Å². The van der Waals surface area contributed by atoms with Crippen LogP contribution in [0.2, 0.25) is 0 Å². The summed E-state index contributed by atoms with van der Waals surface area (Å²) in [6.45, 7) is 9.18. The number of pyridine rings is 1. The van der Waals surface area contributed by atoms with Gasteiger partial charge in [0.25, 0.3) is 0 Å². The van der Waals surface area contributed by atoms with Crippen LogP contribution in [-0.4, -0.2) is 4.98 Å². The number of para-hydroxylation sites is 1. The Morgan fingerprint density at radius 3 is 2.11 bits per heavy atom. The molecule has 0 aliphatic heterocycles. The number of aromatic nitrogens is 1. The number of hydrogen-bond donors (Lipinski definition) is 0. The number of rotatable bonds is 5. The molecule has 1 unspecified atom stereocenters. The van der Waals surface area contributed by atoms with Crippen molar-refractivity contribution >= 4 is 27.5 Å². The molecule has 0 radical (unpaired) electrons. The van der Waals surface area contributed by atoms with Crippen molar-refractivity contribution in [3.8, 4) is 11.3 Å². The Labute approximate surface area is 291 Å². The molecular formula is C44H36IrNO. The Kier molecular flexibility index (Phi) is 9.68. The van der Waals surface area contributed by atoms with Crippen LogP contribution in [-0.2, 0) is 20.1 Å². The van der Waals surface area contributed by atoms with Crippen molar-refractivity contribution < 1.29 is 24.5 Å². The first-order valence-electron chi connectivity index (χ1n) is 16.1. The van der Waals surface area contributed by atoms with Gasteiger partial charge in [-0.15, -0.1) is 65.7 Å². The van der Waals surface area contributed by atoms with Crippen molar-refractivity contribution in [2.75, 3.05) is 0 Å². The van der Waals surface area contributed by atoms with Crippen LogP contribution >= 0.6 is 0 Å². The summed E-state index contributed by atoms with van der Waals surface area (Å²) in [5.41, 5.74) is 12.7. The number of allylic oxidation sites excluding steroid dienone is 1. The van der Waals surface area contributed by atoms with Crippen molar-refractivity contribution in [2.24, 2.45) is 0 Å². The number of hydrogen-bond acceptors (Lipinski definition) is 2. The minimum atomic E-state index is 0. The summed E-state index contributed by atoms with van der Waals surface area (Å²) in [7, 11) is 0. The van der Waals surface area contributed by atoms with Crippen LogP contribution in [0.1, 0.15) is 78.8 Å². The normalized spacial score (nSPS) is 13.7. The van der Waals surface area contributed by atoms with Gasteiger partial charge < -0.3 is 9.40 Å². The topological polar surface area (TPSA) is 26.0 Å². The van der Waals surface area contributed by atoms with Gasteiger partial charge in [-0.1, -0.05) is 87.7 Å². The van der Waals surface area contributed by atoms with Gasteiger partial charge in [-0.2, -0.15) is 34.9 Å². The molecule has 0 fully saturated rings. The minimum absolute atomic E-state index is 0. The third kappa shape index (κ3) is 6.26. The quantitative estimate of drug-likeness (QED) is 0.162. The largest absolute Gasteiger partial charge is 3.00 e. The molecule has 0 saturated heterocycles. The zero-order valence-electron chi connectivity index (χ0n) is 27.0. The number of nitrogens with zero attached hydrogens (tertiary/aromatic N) is 1. The van der Waals surface area contributed by atoms with Crippen LogP contribution in [0.5, 0.6) is 0 Å². The summed E-state index contributed by atoms with van der Waals surface area (Å²) in [6.07, 6.45) is 5.58. The van der Waals surface area contributed by atoms with E-state index in [0.717, 1.165) is 49.9 Å². The van der Waals surface area contributed by atoms with Crippen LogP contribution in [0, 0.1) is 18.2 Å². The predicted octanol–water partition coefficient (Wildman–Crippen LogP) is 11.6. The SMILES string of the molecule is CC(C)c1cccc(C(C)C)c1C1C(c2[c-]ccc3c2oc2ccccc23)=[C-]c2ccccc21.[Ir+3].[c-]1ccccc1-c1ccccn1. The van der Waals surface area contributed by atoms with E-state index in [4.69, 9.17) is 4.42 Å². The van der Waals surface area contributed by atoms with Gasteiger partial charge in [0.05, 0.1) is 0 Å². The molecule has 2 heterocycles. The zero-order valence-corrected chi connectivity index (χ0v) is 29.4. The van der Waals surface area contributed by atoms with Crippen molar-refractivity contribution in [1.82, 2.24) is 4.98 Å². The van der Waals surface area contributed by atoms with Crippen LogP contribution in [0.4, 0.5) is 0 Å². The fraction of sp³-hybridized carbons (Fsp3) is 0.159. The Bertz CT molecular complexity index is 2100. The molecule has 0 saturated carbocycles. The molecule has 1 atom stereocenters. The molecule has 7 aromatic rings. The first-order valence-corrected chi connectivity index (χ1v) is 16.1. The first-order chi connectivity index (χ1) is 22.5. The number of fused-ring (bicyclic) bond motifs is 4. The Morgan fingerprint density at radius 1 is 0.660 bits per heavy atom. The van der Waals surface area contributed by atoms with Gasteiger partial charge in [-0.25, -0.2) is 0 Å². The van der Waals surface area contributed by atoms with Crippen LogP contribution in [0.3, 0.4) is 0 Å². The summed E-state index contributed by atoms with van der Waals surface area (Å²) < 4.78 is 6.44. The van der Waals surface area contributed by atoms with Crippen molar-refractivity contribution in [3.63, 3.8) is 0 Å². The van der Waals surface area contributed by atoms with E-state index in [1.165, 1.54) is 22.3 Å². The molecule has 3 heteroatoms. The van der Waals surface area contributed by atoms with E-state index >= 15 is 0 Å². The second-order valence-corrected chi connectivity index (χ2v) is 12.4. The Balaban J connectivity index is 0.000000250. The van der Waals surface area contributed by atoms with Gasteiger partial charge in [0.1, 0.15) is 5.58 Å². The molecule has 0 spiro atoms. The maximum absolute atomic E-state index is 6.44. The standard InChI is InChI=1S/C33H28O.C11H8N.Ir/c1-20(2)23-14-9-15-24(21(3)4)31(23)32-25-12-6-5-11-22(25)19-29(32)28-17-10-16-27-26-13-7-8-18-30(26)34-33(27)28;1-2-6-10(7-3-1)11-8-4-5-9-12-11;/h5-16,18,20-21,32H,1-4H3;1-6,8-9H;/q-2;-1;+3. The Hall–Kier alpha value is -4.56. The van der Waals surface area contributed by atoms with E-state index in [9.17, 15) is 0 Å². The summed E-state index contributed by atoms with van der Waals surface area (Å²) in [4.78, 5) is 4.22. The monoisotopic (exact) mass is 787 g/mol. The average molecular weight is 787 g/mol. The number of benzene rings is 5. The molecule has 0 N–H and O–H groups in total. The van der Waals surface area contributed by atoms with E-state index < -0.39 is 0 Å². The second kappa shape index (κ2) is 14.1. The third-order valence-corrected chi connectivity index (χ3v) is 8.79. The molecule has 47 heavy (non-hydrogen) atoms. The fourth-order valence-corrected chi connectivity index (χ4v) is 6.65. The molecule has 2 nitrogen and oxygen atoms in total. The molecule has 1 aliphatic carbocycles. The summed E-state index contributed by atoms with van der Waals surface area (Å²) in [5, 5.41) is 2.28. The fourth-order valence-electron chi connectivity index (χ4n) is 6.65. The molecule has 5 aromatic carbocycles. The molecule has 8 rings (SSSR count). The first kappa shape index (κ1) is 32.4. The smallest absolute Gasteiger partial charge is 0.510 e.